The Balaban J connectivity index is 2.36. The Hall–Kier alpha value is -2.64. The van der Waals surface area contributed by atoms with E-state index in [4.69, 9.17) is 4.74 Å². The van der Waals surface area contributed by atoms with Gasteiger partial charge in [-0.3, -0.25) is 0 Å². The lowest BCUT2D eigenvalue weighted by atomic mass is 9.92. The maximum Gasteiger partial charge on any atom is 0.420 e. The predicted molar refractivity (Wildman–Crippen MR) is 75.6 cm³/mol. The number of phenolic OH excluding ortho intramolecular Hbond substituents is 3. The molecular formula is C16H12F4O4. The van der Waals surface area contributed by atoms with Crippen molar-refractivity contribution < 1.29 is 37.6 Å². The molecule has 1 heterocycles. The number of hydrogen-bond donors (Lipinski definition) is 3. The van der Waals surface area contributed by atoms with Gasteiger partial charge in [-0.2, -0.15) is 13.2 Å². The molecule has 1 aliphatic rings. The fourth-order valence-corrected chi connectivity index (χ4v) is 2.79. The third kappa shape index (κ3) is 2.47. The number of phenols is 3. The van der Waals surface area contributed by atoms with E-state index >= 15 is 0 Å². The van der Waals surface area contributed by atoms with E-state index in [1.54, 1.807) is 0 Å². The van der Waals surface area contributed by atoms with Crippen LogP contribution in [0.25, 0.3) is 11.1 Å². The number of aromatic hydroxyl groups is 3. The van der Waals surface area contributed by atoms with Crippen molar-refractivity contribution in [2.75, 3.05) is 6.61 Å². The van der Waals surface area contributed by atoms with Gasteiger partial charge in [0.15, 0.2) is 23.1 Å². The van der Waals surface area contributed by atoms with Crippen LogP contribution in [0, 0.1) is 5.82 Å². The van der Waals surface area contributed by atoms with Crippen LogP contribution in [0.2, 0.25) is 0 Å². The van der Waals surface area contributed by atoms with Crippen LogP contribution in [-0.2, 0) is 12.6 Å². The van der Waals surface area contributed by atoms with E-state index in [1.165, 1.54) is 0 Å². The normalized spacial score (nSPS) is 14.2. The highest BCUT2D eigenvalue weighted by molar-refractivity contribution is 5.80. The fourth-order valence-electron chi connectivity index (χ4n) is 2.79. The van der Waals surface area contributed by atoms with Gasteiger partial charge in [0.2, 0.25) is 0 Å². The number of rotatable bonds is 1. The van der Waals surface area contributed by atoms with Gasteiger partial charge in [-0.05, 0) is 31.0 Å². The second-order valence-electron chi connectivity index (χ2n) is 5.37. The van der Waals surface area contributed by atoms with Gasteiger partial charge in [-0.25, -0.2) is 4.39 Å². The van der Waals surface area contributed by atoms with Crippen LogP contribution in [-0.4, -0.2) is 21.9 Å². The van der Waals surface area contributed by atoms with Crippen LogP contribution in [0.4, 0.5) is 17.6 Å². The maximum atomic E-state index is 14.0. The van der Waals surface area contributed by atoms with Gasteiger partial charge < -0.3 is 20.1 Å². The van der Waals surface area contributed by atoms with Gasteiger partial charge >= 0.3 is 6.18 Å². The first-order valence-electron chi connectivity index (χ1n) is 7.01. The summed E-state index contributed by atoms with van der Waals surface area (Å²) in [6.45, 7) is 0.205. The topological polar surface area (TPSA) is 69.9 Å². The van der Waals surface area contributed by atoms with Crippen molar-refractivity contribution in [2.45, 2.75) is 19.0 Å². The van der Waals surface area contributed by atoms with Gasteiger partial charge in [-0.15, -0.1) is 0 Å². The van der Waals surface area contributed by atoms with E-state index in [1.807, 2.05) is 0 Å². The Morgan fingerprint density at radius 2 is 1.71 bits per heavy atom. The van der Waals surface area contributed by atoms with Crippen LogP contribution in [0.5, 0.6) is 23.0 Å². The molecule has 0 fully saturated rings. The van der Waals surface area contributed by atoms with Crippen molar-refractivity contribution in [3.63, 3.8) is 0 Å². The highest BCUT2D eigenvalue weighted by atomic mass is 19.4. The van der Waals surface area contributed by atoms with Crippen molar-refractivity contribution in [1.82, 2.24) is 0 Å². The van der Waals surface area contributed by atoms with Gasteiger partial charge in [0, 0.05) is 16.7 Å². The lowest BCUT2D eigenvalue weighted by molar-refractivity contribution is -0.138. The molecule has 0 saturated carbocycles. The minimum atomic E-state index is -4.99. The molecule has 0 aromatic heterocycles. The molecule has 2 aromatic rings. The molecule has 3 N–H and O–H groups in total. The van der Waals surface area contributed by atoms with Crippen LogP contribution >= 0.6 is 0 Å². The molecule has 0 radical (unpaired) electrons. The zero-order chi connectivity index (χ0) is 17.6. The van der Waals surface area contributed by atoms with E-state index in [2.05, 4.69) is 0 Å². The quantitative estimate of drug-likeness (QED) is 0.541. The Morgan fingerprint density at radius 1 is 1.00 bits per heavy atom. The van der Waals surface area contributed by atoms with Gasteiger partial charge in [-0.1, -0.05) is 0 Å². The molecule has 3 rings (SSSR count). The Labute approximate surface area is 133 Å². The summed E-state index contributed by atoms with van der Waals surface area (Å²) in [6.07, 6.45) is -4.26. The number of alkyl halides is 3. The molecule has 0 spiro atoms. The Bertz CT molecular complexity index is 815. The Morgan fingerprint density at radius 3 is 2.38 bits per heavy atom. The number of fused-ring (bicyclic) bond motifs is 1. The summed E-state index contributed by atoms with van der Waals surface area (Å²) in [5, 5.41) is 28.8. The molecule has 0 amide bonds. The highest BCUT2D eigenvalue weighted by Gasteiger charge is 2.39. The molecule has 8 heteroatoms. The summed E-state index contributed by atoms with van der Waals surface area (Å²) >= 11 is 0. The standard InChI is InChI=1S/C16H12F4O4/c17-10-6-9(15-8(13(10)22)2-1-5-24-15)7-3-4-11(21)14(23)12(7)16(18,19)20/h3-4,6,21-23H,1-2,5H2. The van der Waals surface area contributed by atoms with Gasteiger partial charge in [0.05, 0.1) is 6.61 Å². The van der Waals surface area contributed by atoms with E-state index in [0.717, 1.165) is 18.2 Å². The molecule has 0 saturated heterocycles. The third-order valence-corrected chi connectivity index (χ3v) is 3.85. The molecule has 1 aliphatic heterocycles. The van der Waals surface area contributed by atoms with Crippen LogP contribution in [0.15, 0.2) is 18.2 Å². The molecule has 128 valence electrons. The van der Waals surface area contributed by atoms with E-state index in [-0.39, 0.29) is 29.9 Å². The van der Waals surface area contributed by atoms with Crippen LogP contribution in [0.3, 0.4) is 0 Å². The van der Waals surface area contributed by atoms with Gasteiger partial charge in [0.1, 0.15) is 11.3 Å². The predicted octanol–water partition coefficient (Wildman–Crippen LogP) is 3.95. The Kier molecular flexibility index (Phi) is 3.70. The molecule has 0 bridgehead atoms. The molecule has 0 atom stereocenters. The molecule has 0 unspecified atom stereocenters. The first-order valence-corrected chi connectivity index (χ1v) is 7.01. The smallest absolute Gasteiger partial charge is 0.420 e. The highest BCUT2D eigenvalue weighted by Crippen LogP contribution is 2.50. The molecule has 24 heavy (non-hydrogen) atoms. The van der Waals surface area contributed by atoms with Gasteiger partial charge in [0.25, 0.3) is 0 Å². The molecule has 2 aromatic carbocycles. The first kappa shape index (κ1) is 16.2. The zero-order valence-corrected chi connectivity index (χ0v) is 12.1. The van der Waals surface area contributed by atoms with Crippen molar-refractivity contribution in [3.8, 4) is 34.1 Å². The largest absolute Gasteiger partial charge is 0.505 e. The summed E-state index contributed by atoms with van der Waals surface area (Å²) < 4.78 is 59.3. The molecular weight excluding hydrogens is 332 g/mol. The fraction of sp³-hybridized carbons (Fsp3) is 0.250. The minimum Gasteiger partial charge on any atom is -0.505 e. The third-order valence-electron chi connectivity index (χ3n) is 3.85. The maximum absolute atomic E-state index is 14.0. The summed E-state index contributed by atoms with van der Waals surface area (Å²) in [5.41, 5.74) is -2.21. The minimum absolute atomic E-state index is 0.0595. The number of benzene rings is 2. The van der Waals surface area contributed by atoms with E-state index in [9.17, 15) is 32.9 Å². The van der Waals surface area contributed by atoms with Crippen LogP contribution < -0.4 is 4.74 Å². The number of hydrogen-bond acceptors (Lipinski definition) is 4. The first-order chi connectivity index (χ1) is 11.2. The SMILES string of the molecule is Oc1ccc(-c2cc(F)c(O)c3c2OCCC3)c(C(F)(F)F)c1O. The van der Waals surface area contributed by atoms with Crippen molar-refractivity contribution in [2.24, 2.45) is 0 Å². The summed E-state index contributed by atoms with van der Waals surface area (Å²) in [6, 6.07) is 2.52. The summed E-state index contributed by atoms with van der Waals surface area (Å²) in [5.74, 6) is -4.10. The lowest BCUT2D eigenvalue weighted by Gasteiger charge is -2.23. The average Bonchev–Trinajstić information content (AvgIpc) is 2.52. The number of ether oxygens (including phenoxy) is 1. The summed E-state index contributed by atoms with van der Waals surface area (Å²) in [7, 11) is 0. The van der Waals surface area contributed by atoms with E-state index in [0.29, 0.717) is 6.42 Å². The lowest BCUT2D eigenvalue weighted by Crippen LogP contribution is -2.12. The zero-order valence-electron chi connectivity index (χ0n) is 12.1. The second-order valence-corrected chi connectivity index (χ2v) is 5.37. The van der Waals surface area contributed by atoms with Crippen molar-refractivity contribution >= 4 is 0 Å². The second kappa shape index (κ2) is 5.47. The average molecular weight is 344 g/mol. The summed E-state index contributed by atoms with van der Waals surface area (Å²) in [4.78, 5) is 0. The molecule has 0 aliphatic carbocycles. The monoisotopic (exact) mass is 344 g/mol. The number of halogens is 4. The molecule has 4 nitrogen and oxygen atoms in total. The van der Waals surface area contributed by atoms with Crippen molar-refractivity contribution in [1.29, 1.82) is 0 Å². The van der Waals surface area contributed by atoms with Crippen molar-refractivity contribution in [3.05, 3.63) is 35.1 Å². The van der Waals surface area contributed by atoms with Crippen LogP contribution in [0.1, 0.15) is 17.5 Å². The van der Waals surface area contributed by atoms with E-state index < -0.39 is 40.4 Å².